The first-order valence-corrected chi connectivity index (χ1v) is 6.12. The van der Waals surface area contributed by atoms with Crippen molar-refractivity contribution in [1.29, 1.82) is 0 Å². The number of carbonyl (C=O) groups is 1. The molecular formula is C11H21N3O. The molecule has 0 aromatic heterocycles. The molecule has 4 heteroatoms. The van der Waals surface area contributed by atoms with Crippen molar-refractivity contribution in [1.82, 2.24) is 15.5 Å². The maximum absolute atomic E-state index is 11.7. The number of hydrogen-bond acceptors (Lipinski definition) is 2. The summed E-state index contributed by atoms with van der Waals surface area (Å²) < 4.78 is 0. The Morgan fingerprint density at radius 3 is 2.73 bits per heavy atom. The van der Waals surface area contributed by atoms with Gasteiger partial charge in [0.05, 0.1) is 0 Å². The smallest absolute Gasteiger partial charge is 0.317 e. The highest BCUT2D eigenvalue weighted by molar-refractivity contribution is 5.74. The summed E-state index contributed by atoms with van der Waals surface area (Å²) in [5.74, 6) is 0. The monoisotopic (exact) mass is 211 g/mol. The van der Waals surface area contributed by atoms with E-state index in [2.05, 4.69) is 10.6 Å². The highest BCUT2D eigenvalue weighted by atomic mass is 16.2. The molecule has 0 saturated carbocycles. The van der Waals surface area contributed by atoms with E-state index in [0.717, 1.165) is 39.0 Å². The van der Waals surface area contributed by atoms with Crippen molar-refractivity contribution < 1.29 is 4.79 Å². The van der Waals surface area contributed by atoms with Crippen molar-refractivity contribution in [2.45, 2.75) is 38.1 Å². The van der Waals surface area contributed by atoms with Gasteiger partial charge in [0.1, 0.15) is 0 Å². The number of piperidine rings is 1. The minimum absolute atomic E-state index is 0.125. The van der Waals surface area contributed by atoms with Crippen LogP contribution in [0.5, 0.6) is 0 Å². The molecule has 2 amide bonds. The standard InChI is InChI=1S/C11H21N3O/c15-11(14-7-3-4-8-14)13-9-10-5-1-2-6-12-10/h10,12H,1-9H2,(H,13,15). The van der Waals surface area contributed by atoms with Gasteiger partial charge in [-0.15, -0.1) is 0 Å². The topological polar surface area (TPSA) is 44.4 Å². The van der Waals surface area contributed by atoms with Gasteiger partial charge in [-0.3, -0.25) is 0 Å². The van der Waals surface area contributed by atoms with E-state index < -0.39 is 0 Å². The summed E-state index contributed by atoms with van der Waals surface area (Å²) in [5, 5.41) is 6.45. The molecule has 0 spiro atoms. The van der Waals surface area contributed by atoms with Crippen LogP contribution in [0, 0.1) is 0 Å². The van der Waals surface area contributed by atoms with Crippen LogP contribution in [0.2, 0.25) is 0 Å². The summed E-state index contributed by atoms with van der Waals surface area (Å²) >= 11 is 0. The van der Waals surface area contributed by atoms with Gasteiger partial charge >= 0.3 is 6.03 Å². The van der Waals surface area contributed by atoms with E-state index in [1.54, 1.807) is 0 Å². The van der Waals surface area contributed by atoms with Crippen LogP contribution in [0.4, 0.5) is 4.79 Å². The van der Waals surface area contributed by atoms with Gasteiger partial charge < -0.3 is 15.5 Å². The Morgan fingerprint density at radius 1 is 1.27 bits per heavy atom. The van der Waals surface area contributed by atoms with Crippen LogP contribution >= 0.6 is 0 Å². The van der Waals surface area contributed by atoms with Crippen LogP contribution in [-0.4, -0.2) is 43.2 Å². The van der Waals surface area contributed by atoms with Gasteiger partial charge in [0.2, 0.25) is 0 Å². The van der Waals surface area contributed by atoms with Crippen molar-refractivity contribution in [2.24, 2.45) is 0 Å². The lowest BCUT2D eigenvalue weighted by Gasteiger charge is -2.25. The number of nitrogens with one attached hydrogen (secondary N) is 2. The number of nitrogens with zero attached hydrogens (tertiary/aromatic N) is 1. The number of rotatable bonds is 2. The van der Waals surface area contributed by atoms with Crippen molar-refractivity contribution >= 4 is 6.03 Å². The van der Waals surface area contributed by atoms with E-state index >= 15 is 0 Å². The molecule has 2 aliphatic heterocycles. The van der Waals surface area contributed by atoms with Crippen LogP contribution in [0.15, 0.2) is 0 Å². The Balaban J connectivity index is 1.65. The number of hydrogen-bond donors (Lipinski definition) is 2. The summed E-state index contributed by atoms with van der Waals surface area (Å²) in [6.07, 6.45) is 6.08. The highest BCUT2D eigenvalue weighted by Crippen LogP contribution is 2.08. The molecule has 15 heavy (non-hydrogen) atoms. The molecule has 1 atom stereocenters. The van der Waals surface area contributed by atoms with Crippen molar-refractivity contribution in [3.05, 3.63) is 0 Å². The maximum Gasteiger partial charge on any atom is 0.317 e. The highest BCUT2D eigenvalue weighted by Gasteiger charge is 2.19. The summed E-state index contributed by atoms with van der Waals surface area (Å²) in [5.41, 5.74) is 0. The van der Waals surface area contributed by atoms with Gasteiger partial charge in [-0.25, -0.2) is 4.79 Å². The van der Waals surface area contributed by atoms with Gasteiger partial charge in [-0.1, -0.05) is 6.42 Å². The third-order valence-electron chi connectivity index (χ3n) is 3.31. The van der Waals surface area contributed by atoms with Gasteiger partial charge in [-0.05, 0) is 32.2 Å². The normalized spacial score (nSPS) is 26.7. The Labute approximate surface area is 91.4 Å². The third-order valence-corrected chi connectivity index (χ3v) is 3.31. The first-order valence-electron chi connectivity index (χ1n) is 6.12. The third kappa shape index (κ3) is 3.09. The lowest BCUT2D eigenvalue weighted by Crippen LogP contribution is -2.47. The SMILES string of the molecule is O=C(NCC1CCCCN1)N1CCCC1. The Morgan fingerprint density at radius 2 is 2.07 bits per heavy atom. The molecule has 0 aliphatic carbocycles. The van der Waals surface area contributed by atoms with Gasteiger partial charge in [0.15, 0.2) is 0 Å². The van der Waals surface area contributed by atoms with Crippen LogP contribution in [-0.2, 0) is 0 Å². The molecule has 2 saturated heterocycles. The molecule has 2 heterocycles. The molecular weight excluding hydrogens is 190 g/mol. The summed E-state index contributed by atoms with van der Waals surface area (Å²) in [6, 6.07) is 0.616. The van der Waals surface area contributed by atoms with E-state index in [0.29, 0.717) is 6.04 Å². The fourth-order valence-corrected chi connectivity index (χ4v) is 2.34. The van der Waals surface area contributed by atoms with E-state index in [9.17, 15) is 4.79 Å². The fraction of sp³-hybridized carbons (Fsp3) is 0.909. The van der Waals surface area contributed by atoms with E-state index in [4.69, 9.17) is 0 Å². The zero-order valence-corrected chi connectivity index (χ0v) is 9.30. The lowest BCUT2D eigenvalue weighted by atomic mass is 10.1. The molecule has 0 bridgehead atoms. The number of amides is 2. The molecule has 0 aromatic carbocycles. The minimum Gasteiger partial charge on any atom is -0.336 e. The maximum atomic E-state index is 11.7. The molecule has 4 nitrogen and oxygen atoms in total. The predicted octanol–water partition coefficient (Wildman–Crippen LogP) is 0.934. The molecule has 2 fully saturated rings. The lowest BCUT2D eigenvalue weighted by molar-refractivity contribution is 0.206. The van der Waals surface area contributed by atoms with Crippen molar-refractivity contribution in [2.75, 3.05) is 26.2 Å². The number of carbonyl (C=O) groups excluding carboxylic acids is 1. The second-order valence-electron chi connectivity index (χ2n) is 4.53. The summed E-state index contributed by atoms with van der Waals surface area (Å²) in [7, 11) is 0. The fourth-order valence-electron chi connectivity index (χ4n) is 2.34. The summed E-state index contributed by atoms with van der Waals surface area (Å²) in [4.78, 5) is 13.6. The van der Waals surface area contributed by atoms with Crippen LogP contribution in [0.3, 0.4) is 0 Å². The van der Waals surface area contributed by atoms with Gasteiger partial charge in [-0.2, -0.15) is 0 Å². The largest absolute Gasteiger partial charge is 0.336 e. The first-order chi connectivity index (χ1) is 7.36. The molecule has 2 N–H and O–H groups in total. The molecule has 2 aliphatic rings. The Bertz CT molecular complexity index is 208. The van der Waals surface area contributed by atoms with Crippen LogP contribution < -0.4 is 10.6 Å². The second kappa shape index (κ2) is 5.35. The van der Waals surface area contributed by atoms with Gasteiger partial charge in [0.25, 0.3) is 0 Å². The average molecular weight is 211 g/mol. The second-order valence-corrected chi connectivity index (χ2v) is 4.53. The molecule has 2 rings (SSSR count). The quantitative estimate of drug-likeness (QED) is 0.714. The molecule has 0 aromatic rings. The molecule has 86 valence electrons. The number of likely N-dealkylation sites (tertiary alicyclic amines) is 1. The first kappa shape index (κ1) is 10.7. The van der Waals surface area contributed by atoms with Gasteiger partial charge in [0, 0.05) is 25.7 Å². The van der Waals surface area contributed by atoms with E-state index in [1.807, 2.05) is 4.90 Å². The molecule has 1 unspecified atom stereocenters. The Hall–Kier alpha value is -0.770. The van der Waals surface area contributed by atoms with E-state index in [1.165, 1.54) is 19.3 Å². The van der Waals surface area contributed by atoms with Crippen LogP contribution in [0.1, 0.15) is 32.1 Å². The zero-order valence-electron chi connectivity index (χ0n) is 9.30. The minimum atomic E-state index is 0.125. The Kier molecular flexibility index (Phi) is 3.83. The van der Waals surface area contributed by atoms with Crippen molar-refractivity contribution in [3.8, 4) is 0 Å². The average Bonchev–Trinajstić information content (AvgIpc) is 2.81. The predicted molar refractivity (Wildman–Crippen MR) is 59.8 cm³/mol. The van der Waals surface area contributed by atoms with E-state index in [-0.39, 0.29) is 6.03 Å². The summed E-state index contributed by atoms with van der Waals surface area (Å²) in [6.45, 7) is 3.76. The van der Waals surface area contributed by atoms with Crippen molar-refractivity contribution in [3.63, 3.8) is 0 Å². The number of urea groups is 1. The zero-order chi connectivity index (χ0) is 10.5. The molecule has 0 radical (unpaired) electrons. The van der Waals surface area contributed by atoms with Crippen LogP contribution in [0.25, 0.3) is 0 Å².